The van der Waals surface area contributed by atoms with Crippen LogP contribution >= 0.6 is 0 Å². The molecule has 1 aliphatic heterocycles. The average molecular weight is 290 g/mol. The molecule has 0 aliphatic carbocycles. The van der Waals surface area contributed by atoms with Crippen LogP contribution in [0.25, 0.3) is 0 Å². The van der Waals surface area contributed by atoms with Gasteiger partial charge in [0, 0.05) is 25.1 Å². The molecule has 4 heteroatoms. The highest BCUT2D eigenvalue weighted by Crippen LogP contribution is 2.37. The van der Waals surface area contributed by atoms with Crippen LogP contribution in [0.5, 0.6) is 5.75 Å². The summed E-state index contributed by atoms with van der Waals surface area (Å²) in [6.07, 6.45) is 1.60. The maximum Gasteiger partial charge on any atom is 0.164 e. The molecule has 0 fully saturated rings. The minimum Gasteiger partial charge on any atom is -0.484 e. The van der Waals surface area contributed by atoms with Crippen molar-refractivity contribution in [3.63, 3.8) is 0 Å². The van der Waals surface area contributed by atoms with Crippen LogP contribution in [0.4, 0.5) is 5.69 Å². The molecule has 0 saturated heterocycles. The van der Waals surface area contributed by atoms with Crippen molar-refractivity contribution in [3.05, 3.63) is 23.8 Å². The average Bonchev–Trinajstić information content (AvgIpc) is 2.43. The maximum atomic E-state index is 12.2. The van der Waals surface area contributed by atoms with Crippen molar-refractivity contribution in [2.24, 2.45) is 0 Å². The summed E-state index contributed by atoms with van der Waals surface area (Å²) in [6.45, 7) is 8.91. The van der Waals surface area contributed by atoms with Crippen LogP contribution in [0.15, 0.2) is 18.2 Å². The van der Waals surface area contributed by atoms with Gasteiger partial charge in [0.1, 0.15) is 11.4 Å². The molecule has 1 aromatic carbocycles. The highest BCUT2D eigenvalue weighted by atomic mass is 16.5. The Morgan fingerprint density at radius 3 is 2.86 bits per heavy atom. The molecule has 4 nitrogen and oxygen atoms in total. The van der Waals surface area contributed by atoms with Crippen LogP contribution in [0.2, 0.25) is 0 Å². The molecule has 0 saturated carbocycles. The van der Waals surface area contributed by atoms with Crippen LogP contribution in [-0.2, 0) is 0 Å². The minimum absolute atomic E-state index is 0.174. The molecule has 21 heavy (non-hydrogen) atoms. The Balaban J connectivity index is 2.28. The maximum absolute atomic E-state index is 12.2. The predicted octanol–water partition coefficient (Wildman–Crippen LogP) is 2.87. The van der Waals surface area contributed by atoms with E-state index in [9.17, 15) is 4.79 Å². The Morgan fingerprint density at radius 1 is 1.43 bits per heavy atom. The second-order valence-corrected chi connectivity index (χ2v) is 6.24. The molecular formula is C17H26N2O2. The van der Waals surface area contributed by atoms with E-state index in [0.717, 1.165) is 36.5 Å². The lowest BCUT2D eigenvalue weighted by molar-refractivity contribution is 0.0981. The molecule has 116 valence electrons. The number of Topliss-reactive ketones (excluding diaryl/α,β-unsaturated/α-hetero) is 1. The van der Waals surface area contributed by atoms with E-state index in [4.69, 9.17) is 4.74 Å². The smallest absolute Gasteiger partial charge is 0.164 e. The molecule has 0 spiro atoms. The number of hydrogen-bond acceptors (Lipinski definition) is 4. The van der Waals surface area contributed by atoms with Crippen molar-refractivity contribution in [3.8, 4) is 5.75 Å². The fraction of sp³-hybridized carbons (Fsp3) is 0.588. The van der Waals surface area contributed by atoms with E-state index in [-0.39, 0.29) is 11.4 Å². The summed E-state index contributed by atoms with van der Waals surface area (Å²) in [5.41, 5.74) is 1.62. The summed E-state index contributed by atoms with van der Waals surface area (Å²) in [7, 11) is 1.86. The molecule has 1 aromatic rings. The van der Waals surface area contributed by atoms with Gasteiger partial charge in [0.05, 0.1) is 12.2 Å². The van der Waals surface area contributed by atoms with Crippen LogP contribution in [0, 0.1) is 0 Å². The zero-order chi connectivity index (χ0) is 15.5. The van der Waals surface area contributed by atoms with E-state index >= 15 is 0 Å². The number of hydrogen-bond donors (Lipinski definition) is 1. The van der Waals surface area contributed by atoms with Gasteiger partial charge in [0.25, 0.3) is 0 Å². The Morgan fingerprint density at radius 2 is 2.19 bits per heavy atom. The van der Waals surface area contributed by atoms with E-state index in [0.29, 0.717) is 13.0 Å². The third-order valence-electron chi connectivity index (χ3n) is 3.68. The van der Waals surface area contributed by atoms with Gasteiger partial charge in [-0.3, -0.25) is 4.79 Å². The number of ether oxygens (including phenoxy) is 1. The third-order valence-corrected chi connectivity index (χ3v) is 3.68. The van der Waals surface area contributed by atoms with Crippen molar-refractivity contribution in [1.29, 1.82) is 0 Å². The molecule has 2 rings (SSSR count). The summed E-state index contributed by atoms with van der Waals surface area (Å²) in [4.78, 5) is 14.5. The van der Waals surface area contributed by atoms with Gasteiger partial charge in [-0.15, -0.1) is 0 Å². The summed E-state index contributed by atoms with van der Waals surface area (Å²) in [6, 6.07) is 5.80. The normalized spacial score (nSPS) is 16.3. The zero-order valence-corrected chi connectivity index (χ0v) is 13.5. The first-order chi connectivity index (χ1) is 9.96. The second kappa shape index (κ2) is 6.48. The highest BCUT2D eigenvalue weighted by molar-refractivity contribution is 5.97. The minimum atomic E-state index is -0.195. The van der Waals surface area contributed by atoms with Gasteiger partial charge < -0.3 is 15.0 Å². The topological polar surface area (TPSA) is 41.6 Å². The van der Waals surface area contributed by atoms with Gasteiger partial charge in [-0.05, 0) is 45.5 Å². The number of carbonyl (C=O) groups is 1. The summed E-state index contributed by atoms with van der Waals surface area (Å²) in [5, 5.41) is 3.01. The summed E-state index contributed by atoms with van der Waals surface area (Å²) >= 11 is 0. The zero-order valence-electron chi connectivity index (χ0n) is 13.5. The summed E-state index contributed by atoms with van der Waals surface area (Å²) < 4.78 is 6.05. The van der Waals surface area contributed by atoms with Crippen molar-refractivity contribution in [1.82, 2.24) is 5.32 Å². The number of ketones is 1. The monoisotopic (exact) mass is 290 g/mol. The first-order valence-electron chi connectivity index (χ1n) is 7.72. The van der Waals surface area contributed by atoms with Gasteiger partial charge in [0.2, 0.25) is 0 Å². The Kier molecular flexibility index (Phi) is 4.88. The molecule has 1 heterocycles. The Labute approximate surface area is 127 Å². The van der Waals surface area contributed by atoms with E-state index in [1.165, 1.54) is 0 Å². The summed E-state index contributed by atoms with van der Waals surface area (Å²) in [5.74, 6) is 1.05. The number of rotatable bonds is 6. The third kappa shape index (κ3) is 3.76. The lowest BCUT2D eigenvalue weighted by Gasteiger charge is -2.41. The van der Waals surface area contributed by atoms with Crippen molar-refractivity contribution in [2.45, 2.75) is 39.2 Å². The predicted molar refractivity (Wildman–Crippen MR) is 86.5 cm³/mol. The lowest BCUT2D eigenvalue weighted by Crippen LogP contribution is -2.47. The molecule has 1 aliphatic rings. The SMILES string of the molecule is CCCN1CC(C)(C)Oc2ccc(C(=O)CCNC)cc21. The van der Waals surface area contributed by atoms with Crippen molar-refractivity contribution >= 4 is 11.5 Å². The number of anilines is 1. The van der Waals surface area contributed by atoms with E-state index < -0.39 is 0 Å². The number of fused-ring (bicyclic) bond motifs is 1. The molecule has 1 N–H and O–H groups in total. The highest BCUT2D eigenvalue weighted by Gasteiger charge is 2.31. The molecule has 0 radical (unpaired) electrons. The van der Waals surface area contributed by atoms with Crippen LogP contribution in [0.1, 0.15) is 44.0 Å². The standard InChI is InChI=1S/C17H26N2O2/c1-5-10-19-12-17(2,3)21-16-7-6-13(11-14(16)19)15(20)8-9-18-4/h6-7,11,18H,5,8-10,12H2,1-4H3. The fourth-order valence-corrected chi connectivity index (χ4v) is 2.75. The van der Waals surface area contributed by atoms with Crippen LogP contribution in [-0.4, -0.2) is 38.1 Å². The van der Waals surface area contributed by atoms with Gasteiger partial charge in [-0.25, -0.2) is 0 Å². The van der Waals surface area contributed by atoms with E-state index in [1.807, 2.05) is 25.2 Å². The molecule has 0 aromatic heterocycles. The molecular weight excluding hydrogens is 264 g/mol. The quantitative estimate of drug-likeness (QED) is 0.818. The van der Waals surface area contributed by atoms with E-state index in [1.54, 1.807) is 0 Å². The van der Waals surface area contributed by atoms with Crippen LogP contribution < -0.4 is 15.0 Å². The second-order valence-electron chi connectivity index (χ2n) is 6.24. The van der Waals surface area contributed by atoms with Gasteiger partial charge in [-0.2, -0.15) is 0 Å². The Bertz CT molecular complexity index is 512. The van der Waals surface area contributed by atoms with E-state index in [2.05, 4.69) is 31.0 Å². The first-order valence-corrected chi connectivity index (χ1v) is 7.72. The number of nitrogens with one attached hydrogen (secondary N) is 1. The Hall–Kier alpha value is -1.55. The molecule has 0 amide bonds. The fourth-order valence-electron chi connectivity index (χ4n) is 2.75. The number of benzene rings is 1. The largest absolute Gasteiger partial charge is 0.484 e. The van der Waals surface area contributed by atoms with Crippen molar-refractivity contribution in [2.75, 3.05) is 31.6 Å². The molecule has 0 atom stereocenters. The van der Waals surface area contributed by atoms with Gasteiger partial charge in [0.15, 0.2) is 5.78 Å². The lowest BCUT2D eigenvalue weighted by atomic mass is 10.0. The number of carbonyl (C=O) groups excluding carboxylic acids is 1. The van der Waals surface area contributed by atoms with Gasteiger partial charge >= 0.3 is 0 Å². The van der Waals surface area contributed by atoms with Crippen molar-refractivity contribution < 1.29 is 9.53 Å². The molecule has 0 bridgehead atoms. The number of nitrogens with zero attached hydrogens (tertiary/aromatic N) is 1. The van der Waals surface area contributed by atoms with Gasteiger partial charge in [-0.1, -0.05) is 6.92 Å². The van der Waals surface area contributed by atoms with Crippen LogP contribution in [0.3, 0.4) is 0 Å². The molecule has 0 unspecified atom stereocenters. The first kappa shape index (κ1) is 15.8.